The molecule has 6 rings (SSSR count). The highest BCUT2D eigenvalue weighted by Crippen LogP contribution is 2.71. The van der Waals surface area contributed by atoms with E-state index in [0.717, 1.165) is 0 Å². The molecular weight excluding hydrogens is 524 g/mol. The summed E-state index contributed by atoms with van der Waals surface area (Å²) in [4.78, 5) is 40.3. The summed E-state index contributed by atoms with van der Waals surface area (Å²) in [6.45, 7) is 5.64. The SMILES string of the molecule is CC1C[C@@H]2[C@H]([C@@H]3C=C(COC(=O)c4ccccc4)[C@@H](O)[C@]4(O)[C@@H](O)C(OC(=O)c5ccccc5)=CC14C3=O)C2(C)C. The monoisotopic (exact) mass is 558 g/mol. The van der Waals surface area contributed by atoms with E-state index < -0.39 is 53.6 Å². The standard InChI is InChI=1S/C33H34O8/c1-18-14-23-25(31(23,2)3)22-15-21(17-40-29(37)19-10-6-4-7-11-19)26(34)33(39)28(36)24(16-32(18,33)27(22)35)41-30(38)20-12-8-5-9-13-20/h4-13,15-16,18,22-23,25-26,28,34,36,39H,14,17H2,1-3H3/t18?,22-,23+,25-,26+,28-,32?,33-/m0/s1. The Balaban J connectivity index is 1.41. The number of carbonyl (C=O) groups excluding carboxylic acids is 3. The van der Waals surface area contributed by atoms with E-state index in [-0.39, 0.29) is 39.9 Å². The predicted molar refractivity (Wildman–Crippen MR) is 147 cm³/mol. The number of allylic oxidation sites excluding steroid dienone is 1. The molecule has 2 unspecified atom stereocenters. The van der Waals surface area contributed by atoms with Crippen molar-refractivity contribution in [2.24, 2.45) is 34.5 Å². The molecule has 0 amide bonds. The summed E-state index contributed by atoms with van der Waals surface area (Å²) in [6.07, 6.45) is -0.119. The molecule has 1 spiro atoms. The highest BCUT2D eigenvalue weighted by molar-refractivity contribution is 5.96. The van der Waals surface area contributed by atoms with Crippen molar-refractivity contribution in [1.82, 2.24) is 0 Å². The lowest BCUT2D eigenvalue weighted by Gasteiger charge is -2.47. The molecule has 214 valence electrons. The Morgan fingerprint density at radius 2 is 1.51 bits per heavy atom. The highest BCUT2D eigenvalue weighted by atomic mass is 16.6. The minimum absolute atomic E-state index is 0.0624. The van der Waals surface area contributed by atoms with E-state index >= 15 is 0 Å². The maximum absolute atomic E-state index is 14.6. The van der Waals surface area contributed by atoms with Gasteiger partial charge in [0.15, 0.2) is 5.78 Å². The van der Waals surface area contributed by atoms with Crippen LogP contribution in [0.25, 0.3) is 0 Å². The molecule has 2 aromatic rings. The molecule has 2 bridgehead atoms. The zero-order chi connectivity index (χ0) is 29.3. The van der Waals surface area contributed by atoms with E-state index in [1.54, 1.807) is 66.7 Å². The van der Waals surface area contributed by atoms with Crippen molar-refractivity contribution in [3.8, 4) is 0 Å². The Morgan fingerprint density at radius 1 is 0.927 bits per heavy atom. The molecule has 0 radical (unpaired) electrons. The van der Waals surface area contributed by atoms with Crippen LogP contribution in [-0.2, 0) is 14.3 Å². The minimum Gasteiger partial charge on any atom is -0.457 e. The lowest BCUT2D eigenvalue weighted by Crippen LogP contribution is -2.65. The van der Waals surface area contributed by atoms with Crippen molar-refractivity contribution in [1.29, 1.82) is 0 Å². The third-order valence-corrected chi connectivity index (χ3v) is 10.1. The number of aliphatic hydroxyl groups is 3. The van der Waals surface area contributed by atoms with Gasteiger partial charge in [0.2, 0.25) is 0 Å². The van der Waals surface area contributed by atoms with Crippen LogP contribution in [0, 0.1) is 34.5 Å². The molecular formula is C33H34O8. The second-order valence-corrected chi connectivity index (χ2v) is 12.5. The normalized spacial score (nSPS) is 36.5. The molecule has 3 N–H and O–H groups in total. The Hall–Kier alpha value is -3.59. The number of hydrogen-bond donors (Lipinski definition) is 3. The predicted octanol–water partition coefficient (Wildman–Crippen LogP) is 3.47. The van der Waals surface area contributed by atoms with E-state index in [9.17, 15) is 29.7 Å². The van der Waals surface area contributed by atoms with Gasteiger partial charge in [-0.1, -0.05) is 63.2 Å². The van der Waals surface area contributed by atoms with Crippen LogP contribution in [0.15, 0.2) is 84.1 Å². The summed E-state index contributed by atoms with van der Waals surface area (Å²) >= 11 is 0. The first-order valence-electron chi connectivity index (χ1n) is 14.0. The van der Waals surface area contributed by atoms with Crippen molar-refractivity contribution in [3.63, 3.8) is 0 Å². The number of benzene rings is 2. The second kappa shape index (κ2) is 9.48. The van der Waals surface area contributed by atoms with Gasteiger partial charge >= 0.3 is 11.9 Å². The quantitative estimate of drug-likeness (QED) is 0.376. The van der Waals surface area contributed by atoms with Gasteiger partial charge in [0.05, 0.1) is 16.5 Å². The average molecular weight is 559 g/mol. The number of rotatable bonds is 5. The smallest absolute Gasteiger partial charge is 0.343 e. The van der Waals surface area contributed by atoms with Gasteiger partial charge in [-0.15, -0.1) is 0 Å². The summed E-state index contributed by atoms with van der Waals surface area (Å²) in [5.41, 5.74) is -3.70. The molecule has 4 aliphatic carbocycles. The van der Waals surface area contributed by atoms with Gasteiger partial charge in [-0.3, -0.25) is 4.79 Å². The van der Waals surface area contributed by atoms with Gasteiger partial charge in [-0.25, -0.2) is 9.59 Å². The Kier molecular flexibility index (Phi) is 6.37. The van der Waals surface area contributed by atoms with Crippen LogP contribution in [0.5, 0.6) is 0 Å². The number of ketones is 1. The van der Waals surface area contributed by atoms with Gasteiger partial charge in [-0.2, -0.15) is 0 Å². The topological polar surface area (TPSA) is 130 Å². The van der Waals surface area contributed by atoms with Crippen molar-refractivity contribution in [2.75, 3.05) is 6.61 Å². The van der Waals surface area contributed by atoms with Gasteiger partial charge in [0.1, 0.15) is 30.2 Å². The average Bonchev–Trinajstić information content (AvgIpc) is 3.47. The fraction of sp³-hybridized carbons (Fsp3) is 0.424. The Labute approximate surface area is 238 Å². The third kappa shape index (κ3) is 3.88. The van der Waals surface area contributed by atoms with Crippen LogP contribution in [0.2, 0.25) is 0 Å². The number of hydrogen-bond acceptors (Lipinski definition) is 8. The van der Waals surface area contributed by atoms with Crippen LogP contribution >= 0.6 is 0 Å². The number of fused-ring (bicyclic) bond motifs is 3. The second-order valence-electron chi connectivity index (χ2n) is 12.5. The number of carbonyl (C=O) groups is 3. The molecule has 4 aliphatic rings. The van der Waals surface area contributed by atoms with Crippen LogP contribution in [0.1, 0.15) is 47.9 Å². The number of Topliss-reactive ketones (excluding diaryl/α,β-unsaturated/α-hetero) is 1. The zero-order valence-corrected chi connectivity index (χ0v) is 23.2. The molecule has 8 heteroatoms. The molecule has 41 heavy (non-hydrogen) atoms. The summed E-state index contributed by atoms with van der Waals surface area (Å²) in [5, 5.41) is 35.8. The van der Waals surface area contributed by atoms with Gasteiger partial charge < -0.3 is 24.8 Å². The fourth-order valence-corrected chi connectivity index (χ4v) is 7.78. The Bertz CT molecular complexity index is 1460. The van der Waals surface area contributed by atoms with Crippen LogP contribution in [0.3, 0.4) is 0 Å². The van der Waals surface area contributed by atoms with Crippen molar-refractivity contribution in [2.45, 2.75) is 45.0 Å². The lowest BCUT2D eigenvalue weighted by molar-refractivity contribution is -0.192. The van der Waals surface area contributed by atoms with Crippen LogP contribution < -0.4 is 0 Å². The van der Waals surface area contributed by atoms with E-state index in [4.69, 9.17) is 9.47 Å². The summed E-state index contributed by atoms with van der Waals surface area (Å²) in [7, 11) is 0. The van der Waals surface area contributed by atoms with Gasteiger partial charge in [0.25, 0.3) is 0 Å². The van der Waals surface area contributed by atoms with E-state index in [0.29, 0.717) is 12.0 Å². The molecule has 2 fully saturated rings. The van der Waals surface area contributed by atoms with E-state index in [2.05, 4.69) is 13.8 Å². The molecule has 8 atom stereocenters. The van der Waals surface area contributed by atoms with Crippen molar-refractivity contribution in [3.05, 3.63) is 95.3 Å². The molecule has 0 aromatic heterocycles. The van der Waals surface area contributed by atoms with Crippen molar-refractivity contribution < 1.29 is 39.2 Å². The third-order valence-electron chi connectivity index (χ3n) is 10.1. The summed E-state index contributed by atoms with van der Waals surface area (Å²) in [6, 6.07) is 16.5. The maximum Gasteiger partial charge on any atom is 0.343 e. The molecule has 2 aromatic carbocycles. The fourth-order valence-electron chi connectivity index (χ4n) is 7.78. The zero-order valence-electron chi connectivity index (χ0n) is 23.2. The molecule has 0 aliphatic heterocycles. The van der Waals surface area contributed by atoms with Crippen LogP contribution in [0.4, 0.5) is 0 Å². The molecule has 0 saturated heterocycles. The van der Waals surface area contributed by atoms with Crippen LogP contribution in [-0.4, -0.2) is 57.5 Å². The summed E-state index contributed by atoms with van der Waals surface area (Å²) < 4.78 is 11.1. The largest absolute Gasteiger partial charge is 0.457 e. The van der Waals surface area contributed by atoms with Gasteiger partial charge in [-0.05, 0) is 65.5 Å². The lowest BCUT2D eigenvalue weighted by atomic mass is 9.59. The van der Waals surface area contributed by atoms with Gasteiger partial charge in [0, 0.05) is 5.92 Å². The highest BCUT2D eigenvalue weighted by Gasteiger charge is 2.76. The first kappa shape index (κ1) is 27.6. The maximum atomic E-state index is 14.6. The van der Waals surface area contributed by atoms with E-state index in [1.165, 1.54) is 6.08 Å². The first-order valence-corrected chi connectivity index (χ1v) is 14.0. The Morgan fingerprint density at radius 3 is 2.12 bits per heavy atom. The molecule has 0 heterocycles. The molecule has 2 saturated carbocycles. The summed E-state index contributed by atoms with van der Waals surface area (Å²) in [5.74, 6) is -3.13. The van der Waals surface area contributed by atoms with Crippen molar-refractivity contribution >= 4 is 17.7 Å². The van der Waals surface area contributed by atoms with E-state index in [1.807, 2.05) is 6.92 Å². The first-order chi connectivity index (χ1) is 19.4. The number of ether oxygens (including phenoxy) is 2. The number of aliphatic hydroxyl groups excluding tert-OH is 2. The number of esters is 2. The minimum atomic E-state index is -2.46. The molecule has 8 nitrogen and oxygen atoms in total.